The highest BCUT2D eigenvalue weighted by Gasteiger charge is 2.44. The number of methoxy groups -OCH3 is 2. The topological polar surface area (TPSA) is 115 Å². The molecular formula is C29H19F6N3O5. The van der Waals surface area contributed by atoms with Gasteiger partial charge in [-0.1, -0.05) is 30.3 Å². The monoisotopic (exact) mass is 603 g/mol. The molecule has 0 saturated carbocycles. The second-order valence-corrected chi connectivity index (χ2v) is 8.82. The summed E-state index contributed by atoms with van der Waals surface area (Å²) in [5, 5.41) is 10.1. The maximum atomic E-state index is 14.7. The Morgan fingerprint density at radius 3 is 2.07 bits per heavy atom. The van der Waals surface area contributed by atoms with Crippen LogP contribution in [0.25, 0.3) is 0 Å². The third-order valence-electron chi connectivity index (χ3n) is 6.31. The minimum Gasteiger partial charge on any atom is -0.466 e. The number of anilines is 1. The van der Waals surface area contributed by atoms with Crippen LogP contribution in [0, 0.1) is 28.8 Å². The molecule has 1 aliphatic heterocycles. The Kier molecular flexibility index (Phi) is 8.38. The van der Waals surface area contributed by atoms with Crippen molar-refractivity contribution in [2.45, 2.75) is 12.1 Å². The minimum atomic E-state index is -5.08. The van der Waals surface area contributed by atoms with E-state index >= 15 is 0 Å². The number of benzene rings is 3. The number of nitriles is 1. The molecule has 0 amide bonds. The van der Waals surface area contributed by atoms with Gasteiger partial charge in [-0.3, -0.25) is 4.90 Å². The molecule has 1 unspecified atom stereocenters. The molecule has 2 N–H and O–H groups in total. The summed E-state index contributed by atoms with van der Waals surface area (Å²) in [7, 11) is 1.95. The van der Waals surface area contributed by atoms with Crippen molar-refractivity contribution in [2.24, 2.45) is 5.73 Å². The van der Waals surface area contributed by atoms with Gasteiger partial charge in [0.05, 0.1) is 48.6 Å². The number of allylic oxidation sites excluding steroid dienone is 1. The largest absolute Gasteiger partial charge is 0.466 e. The number of nitrogens with zero attached hydrogens (tertiary/aromatic N) is 2. The normalized spacial score (nSPS) is 15.2. The van der Waals surface area contributed by atoms with Crippen LogP contribution < -0.4 is 15.4 Å². The van der Waals surface area contributed by atoms with Crippen LogP contribution >= 0.6 is 0 Å². The number of ether oxygens (including phenoxy) is 3. The number of alkyl halides is 3. The van der Waals surface area contributed by atoms with E-state index in [4.69, 9.17) is 19.9 Å². The minimum absolute atomic E-state index is 0.00977. The van der Waals surface area contributed by atoms with Crippen molar-refractivity contribution in [2.75, 3.05) is 19.1 Å². The lowest BCUT2D eigenvalue weighted by atomic mass is 9.81. The van der Waals surface area contributed by atoms with Gasteiger partial charge in [-0.2, -0.15) is 18.4 Å². The number of halogens is 6. The number of hydrogen-bond acceptors (Lipinski definition) is 8. The molecule has 0 aliphatic carbocycles. The quantitative estimate of drug-likeness (QED) is 0.277. The molecule has 43 heavy (non-hydrogen) atoms. The molecule has 0 aromatic heterocycles. The average molecular weight is 603 g/mol. The lowest BCUT2D eigenvalue weighted by molar-refractivity contribution is -0.139. The highest BCUT2D eigenvalue weighted by Crippen LogP contribution is 2.46. The first-order chi connectivity index (χ1) is 20.3. The summed E-state index contributed by atoms with van der Waals surface area (Å²) in [6.45, 7) is 0. The van der Waals surface area contributed by atoms with E-state index in [0.29, 0.717) is 16.5 Å². The highest BCUT2D eigenvalue weighted by atomic mass is 19.4. The lowest BCUT2D eigenvalue weighted by Gasteiger charge is -2.36. The maximum Gasteiger partial charge on any atom is 0.416 e. The zero-order valence-corrected chi connectivity index (χ0v) is 22.1. The van der Waals surface area contributed by atoms with Gasteiger partial charge >= 0.3 is 18.1 Å². The predicted molar refractivity (Wildman–Crippen MR) is 137 cm³/mol. The summed E-state index contributed by atoms with van der Waals surface area (Å²) < 4.78 is 98.3. The smallest absolute Gasteiger partial charge is 0.416 e. The second kappa shape index (κ2) is 11.8. The van der Waals surface area contributed by atoms with Crippen molar-refractivity contribution >= 4 is 17.6 Å². The van der Waals surface area contributed by atoms with Gasteiger partial charge in [0.2, 0.25) is 0 Å². The van der Waals surface area contributed by atoms with Crippen LogP contribution in [0.1, 0.15) is 17.0 Å². The van der Waals surface area contributed by atoms with E-state index in [1.807, 2.05) is 6.07 Å². The Morgan fingerprint density at radius 2 is 1.53 bits per heavy atom. The summed E-state index contributed by atoms with van der Waals surface area (Å²) in [5.41, 5.74) is 3.03. The van der Waals surface area contributed by atoms with E-state index in [2.05, 4.69) is 0 Å². The van der Waals surface area contributed by atoms with E-state index < -0.39 is 81.3 Å². The van der Waals surface area contributed by atoms with Crippen molar-refractivity contribution < 1.29 is 50.1 Å². The van der Waals surface area contributed by atoms with Gasteiger partial charge in [0.1, 0.15) is 17.3 Å². The molecular weight excluding hydrogens is 584 g/mol. The SMILES string of the molecule is COC(=O)C1=C(C(=O)OC)N(c2cc(F)ccc2Oc2c(F)cc(C(F)(F)F)cc2F)C(N)=C(C#N)C1c1ccccc1. The molecule has 0 radical (unpaired) electrons. The average Bonchev–Trinajstić information content (AvgIpc) is 2.97. The van der Waals surface area contributed by atoms with Crippen molar-refractivity contribution in [3.63, 3.8) is 0 Å². The van der Waals surface area contributed by atoms with Crippen LogP contribution in [-0.4, -0.2) is 26.2 Å². The second-order valence-electron chi connectivity index (χ2n) is 8.82. The Bertz CT molecular complexity index is 1690. The van der Waals surface area contributed by atoms with Crippen LogP contribution in [0.15, 0.2) is 83.3 Å². The summed E-state index contributed by atoms with van der Waals surface area (Å²) in [6, 6.07) is 12.1. The Balaban J connectivity index is 2.02. The van der Waals surface area contributed by atoms with Crippen LogP contribution in [0.4, 0.5) is 32.0 Å². The van der Waals surface area contributed by atoms with E-state index in [0.717, 1.165) is 26.4 Å². The molecule has 14 heteroatoms. The molecule has 1 heterocycles. The number of esters is 2. The van der Waals surface area contributed by atoms with Gasteiger partial charge in [-0.15, -0.1) is 0 Å². The van der Waals surface area contributed by atoms with E-state index in [1.165, 1.54) is 12.1 Å². The predicted octanol–water partition coefficient (Wildman–Crippen LogP) is 5.81. The van der Waals surface area contributed by atoms with Gasteiger partial charge in [-0.25, -0.2) is 22.8 Å². The zero-order valence-electron chi connectivity index (χ0n) is 22.1. The lowest BCUT2D eigenvalue weighted by Crippen LogP contribution is -2.41. The first-order valence-electron chi connectivity index (χ1n) is 12.0. The molecule has 3 aromatic rings. The standard InChI is InChI=1S/C29H19F6N3O5/c1-41-27(39)23-22(14-6-4-3-5-7-14)17(13-36)26(37)38(24(23)28(40)42-2)20-12-16(30)8-9-21(20)43-25-18(31)10-15(11-19(25)32)29(33,34)35/h3-12,22H,37H2,1-2H3. The van der Waals surface area contributed by atoms with Crippen LogP contribution in [0.5, 0.6) is 11.5 Å². The zero-order chi connectivity index (χ0) is 31.6. The molecule has 0 fully saturated rings. The molecule has 0 bridgehead atoms. The Hall–Kier alpha value is -5.45. The highest BCUT2D eigenvalue weighted by molar-refractivity contribution is 6.06. The fourth-order valence-corrected chi connectivity index (χ4v) is 4.45. The van der Waals surface area contributed by atoms with Crippen molar-refractivity contribution in [1.29, 1.82) is 5.26 Å². The fourth-order valence-electron chi connectivity index (χ4n) is 4.45. The number of nitrogens with two attached hydrogens (primary N) is 1. The fraction of sp³-hybridized carbons (Fsp3) is 0.138. The molecule has 3 aromatic carbocycles. The van der Waals surface area contributed by atoms with Crippen molar-refractivity contribution in [1.82, 2.24) is 0 Å². The molecule has 4 rings (SSSR count). The van der Waals surface area contributed by atoms with Crippen LogP contribution in [-0.2, 0) is 25.2 Å². The van der Waals surface area contributed by atoms with Gasteiger partial charge in [0, 0.05) is 6.07 Å². The van der Waals surface area contributed by atoms with Gasteiger partial charge < -0.3 is 19.9 Å². The summed E-state index contributed by atoms with van der Waals surface area (Å²) in [6.07, 6.45) is -5.08. The van der Waals surface area contributed by atoms with Gasteiger partial charge in [0.15, 0.2) is 23.1 Å². The molecule has 0 saturated heterocycles. The van der Waals surface area contributed by atoms with E-state index in [9.17, 15) is 41.2 Å². The third kappa shape index (κ3) is 5.69. The van der Waals surface area contributed by atoms with E-state index in [1.54, 1.807) is 18.2 Å². The molecule has 222 valence electrons. The van der Waals surface area contributed by atoms with Crippen LogP contribution in [0.2, 0.25) is 0 Å². The number of carbonyl (C=O) groups excluding carboxylic acids is 2. The molecule has 0 spiro atoms. The molecule has 8 nitrogen and oxygen atoms in total. The van der Waals surface area contributed by atoms with Crippen molar-refractivity contribution in [3.05, 3.63) is 112 Å². The van der Waals surface area contributed by atoms with Gasteiger partial charge in [0.25, 0.3) is 0 Å². The number of hydrogen-bond donors (Lipinski definition) is 1. The third-order valence-corrected chi connectivity index (χ3v) is 6.31. The number of rotatable bonds is 6. The number of carbonyl (C=O) groups is 2. The first-order valence-corrected chi connectivity index (χ1v) is 12.0. The van der Waals surface area contributed by atoms with E-state index in [-0.39, 0.29) is 17.7 Å². The van der Waals surface area contributed by atoms with Crippen LogP contribution in [0.3, 0.4) is 0 Å². The maximum absolute atomic E-state index is 14.7. The molecule has 1 aliphatic rings. The van der Waals surface area contributed by atoms with Crippen molar-refractivity contribution in [3.8, 4) is 17.6 Å². The summed E-state index contributed by atoms with van der Waals surface area (Å²) >= 11 is 0. The van der Waals surface area contributed by atoms with Gasteiger partial charge in [-0.05, 0) is 29.8 Å². The Labute approximate surface area is 239 Å². The summed E-state index contributed by atoms with van der Waals surface area (Å²) in [4.78, 5) is 27.1. The summed E-state index contributed by atoms with van der Waals surface area (Å²) in [5.74, 6) is -10.6. The Morgan fingerprint density at radius 1 is 0.930 bits per heavy atom. The first kappa shape index (κ1) is 30.5. The molecule has 1 atom stereocenters.